The third kappa shape index (κ3) is 5.70. The zero-order valence-corrected chi connectivity index (χ0v) is 20.2. The van der Waals surface area contributed by atoms with Gasteiger partial charge in [-0.3, -0.25) is 9.59 Å². The van der Waals surface area contributed by atoms with Gasteiger partial charge in [0.15, 0.2) is 5.78 Å². The van der Waals surface area contributed by atoms with Gasteiger partial charge >= 0.3 is 0 Å². The molecule has 0 radical (unpaired) electrons. The van der Waals surface area contributed by atoms with E-state index in [1.807, 2.05) is 30.3 Å². The Labute approximate surface area is 205 Å². The summed E-state index contributed by atoms with van der Waals surface area (Å²) >= 11 is 0. The van der Waals surface area contributed by atoms with Crippen LogP contribution in [0.5, 0.6) is 5.75 Å². The van der Waals surface area contributed by atoms with Crippen molar-refractivity contribution in [3.05, 3.63) is 89.2 Å². The van der Waals surface area contributed by atoms with Gasteiger partial charge in [0.25, 0.3) is 5.91 Å². The Morgan fingerprint density at radius 2 is 1.74 bits per heavy atom. The molecule has 0 aliphatic carbocycles. The van der Waals surface area contributed by atoms with Crippen molar-refractivity contribution >= 4 is 23.1 Å². The van der Waals surface area contributed by atoms with Crippen LogP contribution in [0.15, 0.2) is 66.7 Å². The number of carbonyl (C=O) groups is 2. The third-order valence-corrected chi connectivity index (χ3v) is 6.56. The Morgan fingerprint density at radius 1 is 1.03 bits per heavy atom. The molecule has 1 fully saturated rings. The minimum absolute atomic E-state index is 0.0739. The predicted octanol–water partition coefficient (Wildman–Crippen LogP) is 6.14. The lowest BCUT2D eigenvalue weighted by Gasteiger charge is -2.34. The van der Waals surface area contributed by atoms with Gasteiger partial charge in [-0.1, -0.05) is 25.5 Å². The summed E-state index contributed by atoms with van der Waals surface area (Å²) < 4.78 is 18.5. The number of hydrogen-bond acceptors (Lipinski definition) is 4. The normalized spacial score (nSPS) is 14.0. The van der Waals surface area contributed by atoms with E-state index >= 15 is 0 Å². The summed E-state index contributed by atoms with van der Waals surface area (Å²) in [6.07, 6.45) is 3.14. The molecule has 5 nitrogen and oxygen atoms in total. The van der Waals surface area contributed by atoms with Gasteiger partial charge in [-0.05, 0) is 73.4 Å². The van der Waals surface area contributed by atoms with Gasteiger partial charge in [-0.25, -0.2) is 4.39 Å². The Balaban J connectivity index is 1.50. The lowest BCUT2D eigenvalue weighted by Crippen LogP contribution is -2.37. The van der Waals surface area contributed by atoms with Crippen LogP contribution < -0.4 is 15.0 Å². The van der Waals surface area contributed by atoms with Crippen LogP contribution in [0.1, 0.15) is 52.5 Å². The van der Waals surface area contributed by atoms with Crippen LogP contribution >= 0.6 is 0 Å². The molecule has 0 atom stereocenters. The molecule has 35 heavy (non-hydrogen) atoms. The molecule has 3 aromatic carbocycles. The molecule has 1 N–H and O–H groups in total. The molecule has 0 unspecified atom stereocenters. The van der Waals surface area contributed by atoms with Crippen molar-refractivity contribution < 1.29 is 18.7 Å². The maximum absolute atomic E-state index is 13.2. The minimum atomic E-state index is -0.338. The molecule has 1 heterocycles. The van der Waals surface area contributed by atoms with Gasteiger partial charge in [-0.2, -0.15) is 0 Å². The topological polar surface area (TPSA) is 58.6 Å². The monoisotopic (exact) mass is 474 g/mol. The SMILES string of the molecule is CCCc1c(C(=O)Nc2cccc(OC)c2)cccc1N1CCC(C(=O)c2ccc(F)cc2)CC1. The number of methoxy groups -OCH3 is 1. The number of nitrogens with zero attached hydrogens (tertiary/aromatic N) is 1. The van der Waals surface area contributed by atoms with Crippen LogP contribution in [0.4, 0.5) is 15.8 Å². The van der Waals surface area contributed by atoms with E-state index in [9.17, 15) is 14.0 Å². The maximum atomic E-state index is 13.2. The number of ketones is 1. The Kier molecular flexibility index (Phi) is 7.80. The van der Waals surface area contributed by atoms with E-state index in [4.69, 9.17) is 4.74 Å². The van der Waals surface area contributed by atoms with E-state index in [1.165, 1.54) is 12.1 Å². The van der Waals surface area contributed by atoms with Gasteiger partial charge in [0.05, 0.1) is 7.11 Å². The van der Waals surface area contributed by atoms with Gasteiger partial charge in [0.1, 0.15) is 11.6 Å². The van der Waals surface area contributed by atoms with Crippen molar-refractivity contribution in [2.24, 2.45) is 5.92 Å². The summed E-state index contributed by atoms with van der Waals surface area (Å²) in [5, 5.41) is 3.00. The fraction of sp³-hybridized carbons (Fsp3) is 0.310. The van der Waals surface area contributed by atoms with Crippen molar-refractivity contribution in [3.63, 3.8) is 0 Å². The molecule has 0 spiro atoms. The van der Waals surface area contributed by atoms with Crippen molar-refractivity contribution in [1.29, 1.82) is 0 Å². The molecule has 0 aromatic heterocycles. The van der Waals surface area contributed by atoms with Crippen LogP contribution in [0.25, 0.3) is 0 Å². The van der Waals surface area contributed by atoms with Crippen LogP contribution in [0.2, 0.25) is 0 Å². The van der Waals surface area contributed by atoms with Crippen LogP contribution in [-0.2, 0) is 6.42 Å². The number of hydrogen-bond donors (Lipinski definition) is 1. The highest BCUT2D eigenvalue weighted by atomic mass is 19.1. The summed E-state index contributed by atoms with van der Waals surface area (Å²) in [6.45, 7) is 3.57. The average molecular weight is 475 g/mol. The molecule has 1 aliphatic heterocycles. The zero-order valence-electron chi connectivity index (χ0n) is 20.2. The molecule has 0 bridgehead atoms. The highest BCUT2D eigenvalue weighted by molar-refractivity contribution is 6.06. The summed E-state index contributed by atoms with van der Waals surface area (Å²) in [7, 11) is 1.60. The lowest BCUT2D eigenvalue weighted by atomic mass is 9.88. The van der Waals surface area contributed by atoms with Crippen molar-refractivity contribution in [1.82, 2.24) is 0 Å². The number of halogens is 1. The molecule has 3 aromatic rings. The fourth-order valence-electron chi connectivity index (χ4n) is 4.73. The number of carbonyl (C=O) groups excluding carboxylic acids is 2. The van der Waals surface area contributed by atoms with E-state index in [0.717, 1.165) is 50.0 Å². The Morgan fingerprint density at radius 3 is 2.43 bits per heavy atom. The van der Waals surface area contributed by atoms with Crippen LogP contribution in [-0.4, -0.2) is 31.9 Å². The number of nitrogens with one attached hydrogen (secondary N) is 1. The average Bonchev–Trinajstić information content (AvgIpc) is 2.89. The summed E-state index contributed by atoms with van der Waals surface area (Å²) in [5.41, 5.74) is 3.99. The highest BCUT2D eigenvalue weighted by Crippen LogP contribution is 2.31. The lowest BCUT2D eigenvalue weighted by molar-refractivity contribution is 0.0900. The van der Waals surface area contributed by atoms with Gasteiger partial charge in [0.2, 0.25) is 0 Å². The second kappa shape index (κ2) is 11.2. The van der Waals surface area contributed by atoms with E-state index in [0.29, 0.717) is 22.6 Å². The zero-order chi connectivity index (χ0) is 24.8. The number of piperidine rings is 1. The van der Waals surface area contributed by atoms with Gasteiger partial charge in [0, 0.05) is 47.6 Å². The first-order chi connectivity index (χ1) is 17.0. The van der Waals surface area contributed by atoms with Crippen molar-refractivity contribution in [2.75, 3.05) is 30.4 Å². The third-order valence-electron chi connectivity index (χ3n) is 6.56. The van der Waals surface area contributed by atoms with E-state index < -0.39 is 0 Å². The number of benzene rings is 3. The molecule has 1 amide bonds. The first-order valence-corrected chi connectivity index (χ1v) is 12.1. The molecular weight excluding hydrogens is 443 g/mol. The van der Waals surface area contributed by atoms with E-state index in [-0.39, 0.29) is 23.4 Å². The molecule has 6 heteroatoms. The number of amides is 1. The smallest absolute Gasteiger partial charge is 0.256 e. The second-order valence-electron chi connectivity index (χ2n) is 8.87. The molecular formula is C29H31FN2O3. The summed E-state index contributed by atoms with van der Waals surface area (Å²) in [6, 6.07) is 19.0. The number of Topliss-reactive ketones (excluding diaryl/α,β-unsaturated/α-hetero) is 1. The van der Waals surface area contributed by atoms with Gasteiger partial charge in [-0.15, -0.1) is 0 Å². The second-order valence-corrected chi connectivity index (χ2v) is 8.87. The Hall–Kier alpha value is -3.67. The minimum Gasteiger partial charge on any atom is -0.497 e. The molecule has 1 aliphatic rings. The van der Waals surface area contributed by atoms with Gasteiger partial charge < -0.3 is 15.0 Å². The first-order valence-electron chi connectivity index (χ1n) is 12.1. The van der Waals surface area contributed by atoms with Crippen molar-refractivity contribution in [3.8, 4) is 5.75 Å². The van der Waals surface area contributed by atoms with Crippen LogP contribution in [0.3, 0.4) is 0 Å². The van der Waals surface area contributed by atoms with E-state index in [2.05, 4.69) is 23.2 Å². The van der Waals surface area contributed by atoms with Crippen molar-refractivity contribution in [2.45, 2.75) is 32.6 Å². The standard InChI is InChI=1S/C29H31FN2O3/c1-3-6-25-26(29(34)31-23-7-4-8-24(19-23)35-2)9-5-10-27(25)32-17-15-21(16-18-32)28(33)20-11-13-22(30)14-12-20/h4-5,7-14,19,21H,3,6,15-18H2,1-2H3,(H,31,34). The summed E-state index contributed by atoms with van der Waals surface area (Å²) in [4.78, 5) is 28.4. The number of ether oxygens (including phenoxy) is 1. The largest absolute Gasteiger partial charge is 0.497 e. The number of rotatable bonds is 8. The molecule has 1 saturated heterocycles. The Bertz CT molecular complexity index is 1180. The first kappa shape index (κ1) is 24.5. The molecule has 4 rings (SSSR count). The quantitative estimate of drug-likeness (QED) is 0.399. The predicted molar refractivity (Wildman–Crippen MR) is 137 cm³/mol. The molecule has 182 valence electrons. The highest BCUT2D eigenvalue weighted by Gasteiger charge is 2.27. The fourth-order valence-corrected chi connectivity index (χ4v) is 4.73. The maximum Gasteiger partial charge on any atom is 0.256 e. The van der Waals surface area contributed by atoms with Crippen LogP contribution in [0, 0.1) is 11.7 Å². The molecule has 0 saturated carbocycles. The van der Waals surface area contributed by atoms with E-state index in [1.54, 1.807) is 25.3 Å². The number of anilines is 2. The summed E-state index contributed by atoms with van der Waals surface area (Å²) in [5.74, 6) is 0.194.